The second kappa shape index (κ2) is 8.18. The summed E-state index contributed by atoms with van der Waals surface area (Å²) < 4.78 is 6.02. The zero-order valence-electron chi connectivity index (χ0n) is 12.6. The fourth-order valence-corrected chi connectivity index (χ4v) is 2.13. The van der Waals surface area contributed by atoms with Crippen LogP contribution >= 0.6 is 0 Å². The fourth-order valence-electron chi connectivity index (χ4n) is 2.13. The molecule has 1 aromatic rings. The molecule has 0 aliphatic rings. The topological polar surface area (TPSA) is 46.1 Å². The molecule has 108 valence electrons. The molecule has 0 spiro atoms. The van der Waals surface area contributed by atoms with Crippen LogP contribution in [-0.2, 0) is 0 Å². The smallest absolute Gasteiger partial charge is 0.137 e. The normalized spacial score (nSPS) is 11.3. The van der Waals surface area contributed by atoms with Gasteiger partial charge in [-0.25, -0.2) is 0 Å². The summed E-state index contributed by atoms with van der Waals surface area (Å²) in [5, 5.41) is 10.8. The third kappa shape index (κ3) is 4.84. The lowest BCUT2D eigenvalue weighted by atomic mass is 9.94. The van der Waals surface area contributed by atoms with Crippen LogP contribution in [-0.4, -0.2) is 31.4 Å². The van der Waals surface area contributed by atoms with Crippen LogP contribution in [0, 0.1) is 0 Å². The van der Waals surface area contributed by atoms with Crippen molar-refractivity contribution in [2.45, 2.75) is 39.5 Å². The lowest BCUT2D eigenvalue weighted by Crippen LogP contribution is -2.86. The highest BCUT2D eigenvalue weighted by atomic mass is 16.5. The molecule has 0 bridgehead atoms. The molecular formula is C16H28NO2+. The number of hydrogen-bond acceptors (Lipinski definition) is 2. The van der Waals surface area contributed by atoms with E-state index < -0.39 is 0 Å². The highest BCUT2D eigenvalue weighted by molar-refractivity contribution is 5.44. The molecular weight excluding hydrogens is 238 g/mol. The highest BCUT2D eigenvalue weighted by Gasteiger charge is 2.14. The number of nitrogens with two attached hydrogens (primary N) is 1. The van der Waals surface area contributed by atoms with Crippen molar-refractivity contribution in [2.75, 3.05) is 26.3 Å². The van der Waals surface area contributed by atoms with E-state index in [2.05, 4.69) is 51.2 Å². The van der Waals surface area contributed by atoms with Gasteiger partial charge in [-0.15, -0.1) is 0 Å². The lowest BCUT2D eigenvalue weighted by Gasteiger charge is -2.19. The minimum absolute atomic E-state index is 0.222. The van der Waals surface area contributed by atoms with Crippen LogP contribution in [0.4, 0.5) is 0 Å². The van der Waals surface area contributed by atoms with Gasteiger partial charge < -0.3 is 15.2 Å². The van der Waals surface area contributed by atoms with Gasteiger partial charge in [0.05, 0.1) is 13.2 Å². The van der Waals surface area contributed by atoms with Crippen LogP contribution in [0.25, 0.3) is 0 Å². The lowest BCUT2D eigenvalue weighted by molar-refractivity contribution is -0.656. The van der Waals surface area contributed by atoms with Crippen molar-refractivity contribution in [1.29, 1.82) is 0 Å². The van der Waals surface area contributed by atoms with Gasteiger partial charge in [-0.05, 0) is 23.0 Å². The second-order valence-corrected chi connectivity index (χ2v) is 5.51. The Bertz CT molecular complexity index is 349. The van der Waals surface area contributed by atoms with E-state index in [-0.39, 0.29) is 6.61 Å². The maximum atomic E-state index is 8.74. The monoisotopic (exact) mass is 266 g/mol. The number of ether oxygens (including phenoxy) is 1. The molecule has 0 heterocycles. The van der Waals surface area contributed by atoms with Gasteiger partial charge in [0.15, 0.2) is 0 Å². The standard InChI is InChI=1S/C16H27NO2/c1-12(2)14-6-5-7-15(13(3)4)16(14)19-11-9-17-8-10-18/h5-7,12-13,17-18H,8-11H2,1-4H3/p+1. The van der Waals surface area contributed by atoms with Crippen molar-refractivity contribution in [2.24, 2.45) is 0 Å². The van der Waals surface area contributed by atoms with E-state index in [0.717, 1.165) is 18.8 Å². The van der Waals surface area contributed by atoms with Crippen molar-refractivity contribution in [3.63, 3.8) is 0 Å². The summed E-state index contributed by atoms with van der Waals surface area (Å²) >= 11 is 0. The minimum atomic E-state index is 0.222. The summed E-state index contributed by atoms with van der Waals surface area (Å²) in [6, 6.07) is 6.43. The van der Waals surface area contributed by atoms with Crippen LogP contribution in [0.3, 0.4) is 0 Å². The molecule has 0 amide bonds. The molecule has 0 aliphatic heterocycles. The first-order valence-electron chi connectivity index (χ1n) is 7.26. The van der Waals surface area contributed by atoms with Crippen LogP contribution < -0.4 is 10.1 Å². The Balaban J connectivity index is 2.77. The fraction of sp³-hybridized carbons (Fsp3) is 0.625. The average Bonchev–Trinajstić information content (AvgIpc) is 2.38. The summed E-state index contributed by atoms with van der Waals surface area (Å²) in [7, 11) is 0. The van der Waals surface area contributed by atoms with Crippen molar-refractivity contribution in [3.8, 4) is 5.75 Å². The molecule has 0 aromatic heterocycles. The molecule has 3 heteroatoms. The maximum absolute atomic E-state index is 8.74. The first kappa shape index (κ1) is 16.0. The van der Waals surface area contributed by atoms with E-state index in [9.17, 15) is 0 Å². The van der Waals surface area contributed by atoms with Crippen LogP contribution in [0.1, 0.15) is 50.7 Å². The minimum Gasteiger partial charge on any atom is -0.487 e. The molecule has 0 saturated carbocycles. The molecule has 19 heavy (non-hydrogen) atoms. The Labute approximate surface area is 117 Å². The number of aliphatic hydroxyl groups excluding tert-OH is 1. The van der Waals surface area contributed by atoms with Crippen molar-refractivity contribution in [1.82, 2.24) is 0 Å². The molecule has 0 radical (unpaired) electrons. The SMILES string of the molecule is CC(C)c1cccc(C(C)C)c1OCC[NH2+]CCO. The molecule has 0 aliphatic carbocycles. The van der Waals surface area contributed by atoms with Crippen molar-refractivity contribution in [3.05, 3.63) is 29.3 Å². The van der Waals surface area contributed by atoms with Gasteiger partial charge in [0.1, 0.15) is 18.9 Å². The number of quaternary nitrogens is 1. The van der Waals surface area contributed by atoms with Crippen LogP contribution in [0.5, 0.6) is 5.75 Å². The van der Waals surface area contributed by atoms with Gasteiger partial charge in [0.2, 0.25) is 0 Å². The Hall–Kier alpha value is -1.06. The molecule has 1 aromatic carbocycles. The third-order valence-corrected chi connectivity index (χ3v) is 3.22. The zero-order chi connectivity index (χ0) is 14.3. The van der Waals surface area contributed by atoms with Gasteiger partial charge in [-0.2, -0.15) is 0 Å². The number of aliphatic hydroxyl groups is 1. The molecule has 1 rings (SSSR count). The molecule has 0 unspecified atom stereocenters. The zero-order valence-corrected chi connectivity index (χ0v) is 12.6. The summed E-state index contributed by atoms with van der Waals surface area (Å²) in [5.41, 5.74) is 2.57. The first-order chi connectivity index (χ1) is 9.07. The first-order valence-corrected chi connectivity index (χ1v) is 7.26. The van der Waals surface area contributed by atoms with E-state index >= 15 is 0 Å². The van der Waals surface area contributed by atoms with E-state index in [0.29, 0.717) is 18.4 Å². The van der Waals surface area contributed by atoms with E-state index in [1.165, 1.54) is 11.1 Å². The number of hydrogen-bond donors (Lipinski definition) is 2. The largest absolute Gasteiger partial charge is 0.487 e. The predicted molar refractivity (Wildman–Crippen MR) is 78.9 cm³/mol. The van der Waals surface area contributed by atoms with Crippen LogP contribution in [0.15, 0.2) is 18.2 Å². The van der Waals surface area contributed by atoms with E-state index in [4.69, 9.17) is 9.84 Å². The quantitative estimate of drug-likeness (QED) is 0.706. The van der Waals surface area contributed by atoms with Gasteiger partial charge in [0, 0.05) is 0 Å². The van der Waals surface area contributed by atoms with E-state index in [1.807, 2.05) is 0 Å². The molecule has 0 fully saturated rings. The van der Waals surface area contributed by atoms with Gasteiger partial charge in [-0.1, -0.05) is 45.9 Å². The highest BCUT2D eigenvalue weighted by Crippen LogP contribution is 2.34. The van der Waals surface area contributed by atoms with Crippen LogP contribution in [0.2, 0.25) is 0 Å². The number of para-hydroxylation sites is 1. The molecule has 3 nitrogen and oxygen atoms in total. The summed E-state index contributed by atoms with van der Waals surface area (Å²) in [5.74, 6) is 2.00. The Morgan fingerprint density at radius 2 is 1.63 bits per heavy atom. The average molecular weight is 266 g/mol. The van der Waals surface area contributed by atoms with Crippen molar-refractivity contribution >= 4 is 0 Å². The summed E-state index contributed by atoms with van der Waals surface area (Å²) in [4.78, 5) is 0. The second-order valence-electron chi connectivity index (χ2n) is 5.51. The molecule has 0 atom stereocenters. The number of rotatable bonds is 8. The molecule has 0 saturated heterocycles. The molecule has 3 N–H and O–H groups in total. The summed E-state index contributed by atoms with van der Waals surface area (Å²) in [6.07, 6.45) is 0. The predicted octanol–water partition coefficient (Wildman–Crippen LogP) is 1.87. The Morgan fingerprint density at radius 3 is 2.11 bits per heavy atom. The van der Waals surface area contributed by atoms with Gasteiger partial charge in [-0.3, -0.25) is 0 Å². The third-order valence-electron chi connectivity index (χ3n) is 3.22. The van der Waals surface area contributed by atoms with Gasteiger partial charge in [0.25, 0.3) is 0 Å². The maximum Gasteiger partial charge on any atom is 0.137 e. The summed E-state index contributed by atoms with van der Waals surface area (Å²) in [6.45, 7) is 11.3. The van der Waals surface area contributed by atoms with Gasteiger partial charge >= 0.3 is 0 Å². The Morgan fingerprint density at radius 1 is 1.05 bits per heavy atom. The number of benzene rings is 1. The Kier molecular flexibility index (Phi) is 6.89. The van der Waals surface area contributed by atoms with Crippen molar-refractivity contribution < 1.29 is 15.2 Å². The van der Waals surface area contributed by atoms with E-state index in [1.54, 1.807) is 0 Å².